The van der Waals surface area contributed by atoms with Crippen LogP contribution in [-0.4, -0.2) is 23.9 Å². The number of anilines is 2. The van der Waals surface area contributed by atoms with Crippen molar-refractivity contribution in [3.63, 3.8) is 0 Å². The van der Waals surface area contributed by atoms with Crippen molar-refractivity contribution in [3.8, 4) is 0 Å². The molecule has 30 heavy (non-hydrogen) atoms. The minimum absolute atomic E-state index is 0.156. The van der Waals surface area contributed by atoms with Gasteiger partial charge >= 0.3 is 5.97 Å². The molecule has 0 aliphatic rings. The number of ether oxygens (including phenoxy) is 1. The van der Waals surface area contributed by atoms with E-state index in [1.165, 1.54) is 25.3 Å². The van der Waals surface area contributed by atoms with Gasteiger partial charge in [0.1, 0.15) is 0 Å². The first-order chi connectivity index (χ1) is 14.3. The Balaban J connectivity index is 1.65. The number of carbonyl (C=O) groups excluding carboxylic acids is 3. The highest BCUT2D eigenvalue weighted by molar-refractivity contribution is 6.03. The zero-order valence-electron chi connectivity index (χ0n) is 16.9. The summed E-state index contributed by atoms with van der Waals surface area (Å²) in [5, 5.41) is 5.41. The maximum Gasteiger partial charge on any atom is 0.338 e. The third-order valence-electron chi connectivity index (χ3n) is 4.44. The lowest BCUT2D eigenvalue weighted by atomic mass is 10.1. The van der Waals surface area contributed by atoms with E-state index in [1.807, 2.05) is 19.1 Å². The number of aryl methyl sites for hydroxylation is 2. The summed E-state index contributed by atoms with van der Waals surface area (Å²) in [6.45, 7) is 5.24. The second-order valence-corrected chi connectivity index (χ2v) is 6.86. The van der Waals surface area contributed by atoms with Crippen molar-refractivity contribution in [3.05, 3.63) is 83.3 Å². The van der Waals surface area contributed by atoms with E-state index in [9.17, 15) is 14.4 Å². The van der Waals surface area contributed by atoms with Crippen LogP contribution in [0.3, 0.4) is 0 Å². The van der Waals surface area contributed by atoms with Gasteiger partial charge in [0.15, 0.2) is 11.9 Å². The molecule has 2 amide bonds. The van der Waals surface area contributed by atoms with E-state index < -0.39 is 23.9 Å². The lowest BCUT2D eigenvalue weighted by molar-refractivity contribution is -0.123. The number of esters is 1. The van der Waals surface area contributed by atoms with Gasteiger partial charge in [0, 0.05) is 11.4 Å². The van der Waals surface area contributed by atoms with Crippen molar-refractivity contribution in [1.82, 2.24) is 0 Å². The Hall–Kier alpha value is -3.87. The van der Waals surface area contributed by atoms with Crippen LogP contribution in [0.4, 0.5) is 11.4 Å². The molecule has 2 N–H and O–H groups in total. The molecule has 154 valence electrons. The summed E-state index contributed by atoms with van der Waals surface area (Å²) in [6.07, 6.45) is 0.403. The smallest absolute Gasteiger partial charge is 0.338 e. The van der Waals surface area contributed by atoms with Gasteiger partial charge < -0.3 is 19.8 Å². The molecule has 0 aliphatic heterocycles. The fourth-order valence-corrected chi connectivity index (χ4v) is 2.64. The molecule has 0 fully saturated rings. The first-order valence-corrected chi connectivity index (χ1v) is 9.37. The van der Waals surface area contributed by atoms with Crippen LogP contribution in [0.25, 0.3) is 0 Å². The van der Waals surface area contributed by atoms with Gasteiger partial charge in [0.05, 0.1) is 11.8 Å². The third kappa shape index (κ3) is 5.14. The van der Waals surface area contributed by atoms with Crippen LogP contribution in [0.1, 0.15) is 39.0 Å². The topological polar surface area (TPSA) is 97.6 Å². The Morgan fingerprint density at radius 3 is 2.37 bits per heavy atom. The molecule has 2 aromatic carbocycles. The van der Waals surface area contributed by atoms with Crippen molar-refractivity contribution in [2.45, 2.75) is 26.9 Å². The second kappa shape index (κ2) is 9.09. The predicted octanol–water partition coefficient (Wildman–Crippen LogP) is 4.33. The molecule has 0 aliphatic carbocycles. The summed E-state index contributed by atoms with van der Waals surface area (Å²) in [5.41, 5.74) is 3.11. The quantitative estimate of drug-likeness (QED) is 0.594. The van der Waals surface area contributed by atoms with Gasteiger partial charge in [0.2, 0.25) is 0 Å². The molecule has 0 spiro atoms. The standard InChI is InChI=1S/C23H22N2O5/c1-14-6-10-18(11-7-14)24-21(26)16(3)30-23(28)17-9-8-15(2)19(13-17)25-22(27)20-5-4-12-29-20/h4-13,16H,1-3H3,(H,24,26)(H,25,27). The van der Waals surface area contributed by atoms with E-state index in [2.05, 4.69) is 10.6 Å². The lowest BCUT2D eigenvalue weighted by Gasteiger charge is -2.15. The molecule has 0 radical (unpaired) electrons. The van der Waals surface area contributed by atoms with Crippen LogP contribution in [-0.2, 0) is 9.53 Å². The van der Waals surface area contributed by atoms with E-state index in [-0.39, 0.29) is 11.3 Å². The number of amides is 2. The zero-order valence-corrected chi connectivity index (χ0v) is 16.9. The minimum Gasteiger partial charge on any atom is -0.459 e. The molecule has 1 atom stereocenters. The largest absolute Gasteiger partial charge is 0.459 e. The van der Waals surface area contributed by atoms with Crippen LogP contribution in [0.2, 0.25) is 0 Å². The van der Waals surface area contributed by atoms with Crippen molar-refractivity contribution in [1.29, 1.82) is 0 Å². The monoisotopic (exact) mass is 406 g/mol. The summed E-state index contributed by atoms with van der Waals surface area (Å²) in [4.78, 5) is 37.0. The maximum atomic E-state index is 12.5. The average Bonchev–Trinajstić information content (AvgIpc) is 3.26. The van der Waals surface area contributed by atoms with Crippen molar-refractivity contribution in [2.75, 3.05) is 10.6 Å². The van der Waals surface area contributed by atoms with E-state index >= 15 is 0 Å². The summed E-state index contributed by atoms with van der Waals surface area (Å²) < 4.78 is 10.4. The molecule has 7 nitrogen and oxygen atoms in total. The Morgan fingerprint density at radius 1 is 0.967 bits per heavy atom. The van der Waals surface area contributed by atoms with Crippen LogP contribution in [0.5, 0.6) is 0 Å². The molecular formula is C23H22N2O5. The number of hydrogen-bond acceptors (Lipinski definition) is 5. The van der Waals surface area contributed by atoms with Crippen LogP contribution in [0.15, 0.2) is 65.3 Å². The molecule has 3 aromatic rings. The highest BCUT2D eigenvalue weighted by atomic mass is 16.5. The molecule has 0 saturated carbocycles. The summed E-state index contributed by atoms with van der Waals surface area (Å²) >= 11 is 0. The van der Waals surface area contributed by atoms with E-state index in [4.69, 9.17) is 9.15 Å². The molecule has 1 heterocycles. The Morgan fingerprint density at radius 2 is 1.70 bits per heavy atom. The molecule has 0 bridgehead atoms. The highest BCUT2D eigenvalue weighted by Crippen LogP contribution is 2.19. The highest BCUT2D eigenvalue weighted by Gasteiger charge is 2.20. The van der Waals surface area contributed by atoms with Crippen LogP contribution >= 0.6 is 0 Å². The molecule has 1 unspecified atom stereocenters. The first kappa shape index (κ1) is 20.9. The Kier molecular flexibility index (Phi) is 6.32. The summed E-state index contributed by atoms with van der Waals surface area (Å²) in [6, 6.07) is 15.2. The number of furan rings is 1. The van der Waals surface area contributed by atoms with Gasteiger partial charge in [-0.15, -0.1) is 0 Å². The number of nitrogens with one attached hydrogen (secondary N) is 2. The van der Waals surface area contributed by atoms with Crippen LogP contribution < -0.4 is 10.6 Å². The lowest BCUT2D eigenvalue weighted by Crippen LogP contribution is -2.30. The first-order valence-electron chi connectivity index (χ1n) is 9.37. The second-order valence-electron chi connectivity index (χ2n) is 6.86. The summed E-state index contributed by atoms with van der Waals surface area (Å²) in [7, 11) is 0. The number of hydrogen-bond donors (Lipinski definition) is 2. The zero-order chi connectivity index (χ0) is 21.7. The van der Waals surface area contributed by atoms with Gasteiger partial charge in [-0.05, 0) is 62.7 Å². The summed E-state index contributed by atoms with van der Waals surface area (Å²) in [5.74, 6) is -1.39. The number of benzene rings is 2. The molecule has 1 aromatic heterocycles. The van der Waals surface area contributed by atoms with Gasteiger partial charge in [-0.2, -0.15) is 0 Å². The fourth-order valence-electron chi connectivity index (χ4n) is 2.64. The SMILES string of the molecule is Cc1ccc(NC(=O)C(C)OC(=O)c2ccc(C)c(NC(=O)c3ccco3)c2)cc1. The van der Waals surface area contributed by atoms with Crippen LogP contribution in [0, 0.1) is 13.8 Å². The van der Waals surface area contributed by atoms with Gasteiger partial charge in [-0.25, -0.2) is 4.79 Å². The number of carbonyl (C=O) groups is 3. The fraction of sp³-hybridized carbons (Fsp3) is 0.174. The molecule has 7 heteroatoms. The van der Waals surface area contributed by atoms with Crippen molar-refractivity contribution >= 4 is 29.2 Å². The minimum atomic E-state index is -0.999. The van der Waals surface area contributed by atoms with Crippen molar-refractivity contribution < 1.29 is 23.5 Å². The Labute approximate surface area is 174 Å². The number of rotatable bonds is 6. The molecule has 3 rings (SSSR count). The van der Waals surface area contributed by atoms with E-state index in [0.717, 1.165) is 11.1 Å². The average molecular weight is 406 g/mol. The molecule has 0 saturated heterocycles. The van der Waals surface area contributed by atoms with E-state index in [0.29, 0.717) is 11.4 Å². The van der Waals surface area contributed by atoms with Gasteiger partial charge in [0.25, 0.3) is 11.8 Å². The van der Waals surface area contributed by atoms with E-state index in [1.54, 1.807) is 37.3 Å². The van der Waals surface area contributed by atoms with Crippen molar-refractivity contribution in [2.24, 2.45) is 0 Å². The normalized spacial score (nSPS) is 11.4. The van der Waals surface area contributed by atoms with Gasteiger partial charge in [-0.1, -0.05) is 23.8 Å². The molecular weight excluding hydrogens is 384 g/mol. The maximum absolute atomic E-state index is 12.5. The third-order valence-corrected chi connectivity index (χ3v) is 4.44. The Bertz CT molecular complexity index is 1060. The predicted molar refractivity (Wildman–Crippen MR) is 113 cm³/mol. The van der Waals surface area contributed by atoms with Gasteiger partial charge in [-0.3, -0.25) is 9.59 Å².